The molecule has 0 radical (unpaired) electrons. The average Bonchev–Trinajstić information content (AvgIpc) is 3.60. The van der Waals surface area contributed by atoms with E-state index in [9.17, 15) is 19.1 Å². The number of hydrogen-bond donors (Lipinski definition) is 4. The molecule has 3 heterocycles. The molecule has 13 heteroatoms. The molecule has 2 aliphatic carbocycles. The van der Waals surface area contributed by atoms with Gasteiger partial charge in [-0.25, -0.2) is 19.3 Å². The van der Waals surface area contributed by atoms with Gasteiger partial charge in [-0.1, -0.05) is 0 Å². The Bertz CT molecular complexity index is 1310. The van der Waals surface area contributed by atoms with Crippen molar-refractivity contribution in [2.24, 2.45) is 0 Å². The van der Waals surface area contributed by atoms with Crippen molar-refractivity contribution in [3.8, 4) is 0 Å². The summed E-state index contributed by atoms with van der Waals surface area (Å²) in [5.74, 6) is -0.586. The van der Waals surface area contributed by atoms with Crippen molar-refractivity contribution in [2.45, 2.75) is 56.7 Å². The third-order valence-electron chi connectivity index (χ3n) is 6.89. The van der Waals surface area contributed by atoms with Crippen LogP contribution in [0, 0.1) is 5.95 Å². The highest BCUT2D eigenvalue weighted by Gasteiger charge is 2.29. The van der Waals surface area contributed by atoms with Crippen molar-refractivity contribution in [3.63, 3.8) is 0 Å². The largest absolute Gasteiger partial charge is 0.465 e. The smallest absolute Gasteiger partial charge is 0.407 e. The molecule has 3 aromatic rings. The minimum absolute atomic E-state index is 0.0507. The maximum absolute atomic E-state index is 13.5. The maximum Gasteiger partial charge on any atom is 0.407 e. The van der Waals surface area contributed by atoms with Crippen LogP contribution in [0.4, 0.5) is 26.4 Å². The molecule has 0 spiro atoms. The van der Waals surface area contributed by atoms with Crippen molar-refractivity contribution in [1.82, 2.24) is 24.5 Å². The number of imidazole rings is 1. The van der Waals surface area contributed by atoms with Crippen LogP contribution in [-0.2, 0) is 4.74 Å². The zero-order chi connectivity index (χ0) is 26.6. The molecule has 0 saturated heterocycles. The molecule has 0 bridgehead atoms. The number of methoxy groups -OCH3 is 1. The molecule has 2 fully saturated rings. The predicted octanol–water partition coefficient (Wildman–Crippen LogP) is 3.44. The maximum atomic E-state index is 13.5. The van der Waals surface area contributed by atoms with E-state index in [2.05, 4.69) is 31.0 Å². The number of amides is 2. The molecule has 2 saturated carbocycles. The summed E-state index contributed by atoms with van der Waals surface area (Å²) in [6, 6.07) is 4.94. The van der Waals surface area contributed by atoms with E-state index in [4.69, 9.17) is 4.74 Å². The molecule has 2 amide bonds. The number of carboxylic acid groups (broad SMARTS) is 1. The minimum Gasteiger partial charge on any atom is -0.465 e. The first-order valence-corrected chi connectivity index (χ1v) is 12.7. The van der Waals surface area contributed by atoms with Crippen LogP contribution >= 0.6 is 0 Å². The van der Waals surface area contributed by atoms with Crippen molar-refractivity contribution in [3.05, 3.63) is 42.2 Å². The molecule has 0 unspecified atom stereocenters. The highest BCUT2D eigenvalue weighted by Crippen LogP contribution is 2.30. The SMILES string of the molecule is COCCN(C(=O)O)C1CCC(Nc2cc(NC3CC3)c3ncc(C(=O)Nc4ccnc(F)c4)n3n2)CC1. The number of aromatic nitrogens is 4. The number of nitrogens with one attached hydrogen (secondary N) is 3. The first kappa shape index (κ1) is 25.6. The summed E-state index contributed by atoms with van der Waals surface area (Å²) in [4.78, 5) is 34.1. The zero-order valence-electron chi connectivity index (χ0n) is 21.1. The van der Waals surface area contributed by atoms with Crippen LogP contribution in [0.25, 0.3) is 5.65 Å². The lowest BCUT2D eigenvalue weighted by molar-refractivity contribution is 0.0854. The number of anilines is 3. The molecule has 0 aliphatic heterocycles. The Morgan fingerprint density at radius 3 is 2.55 bits per heavy atom. The van der Waals surface area contributed by atoms with Crippen LogP contribution in [0.1, 0.15) is 49.0 Å². The van der Waals surface area contributed by atoms with Crippen LogP contribution < -0.4 is 16.0 Å². The number of pyridine rings is 1. The normalized spacial score (nSPS) is 19.2. The Morgan fingerprint density at radius 1 is 1.13 bits per heavy atom. The quantitative estimate of drug-likeness (QED) is 0.292. The summed E-state index contributed by atoms with van der Waals surface area (Å²) in [5.41, 5.74) is 1.77. The molecule has 4 N–H and O–H groups in total. The molecule has 5 rings (SSSR count). The van der Waals surface area contributed by atoms with Crippen LogP contribution in [0.3, 0.4) is 0 Å². The van der Waals surface area contributed by atoms with Gasteiger partial charge in [0.1, 0.15) is 5.82 Å². The van der Waals surface area contributed by atoms with Gasteiger partial charge in [-0.15, -0.1) is 5.10 Å². The second-order valence-corrected chi connectivity index (χ2v) is 9.68. The van der Waals surface area contributed by atoms with E-state index in [1.165, 1.54) is 27.9 Å². The second kappa shape index (κ2) is 11.2. The lowest BCUT2D eigenvalue weighted by atomic mass is 9.90. The number of halogens is 1. The van der Waals surface area contributed by atoms with Gasteiger partial charge in [-0.2, -0.15) is 4.39 Å². The molecule has 38 heavy (non-hydrogen) atoms. The summed E-state index contributed by atoms with van der Waals surface area (Å²) < 4.78 is 20.0. The second-order valence-electron chi connectivity index (χ2n) is 9.68. The summed E-state index contributed by atoms with van der Waals surface area (Å²) >= 11 is 0. The standard InChI is InChI=1S/C25H31FN8O4/c1-38-11-10-33(25(36)37)18-6-4-16(5-7-18)30-22-13-19(29-15-2-3-15)23-28-14-20(34(23)32-22)24(35)31-17-8-9-27-21(26)12-17/h8-9,12-16,18,29H,2-7,10-11H2,1H3,(H,30,32)(H,36,37)(H,27,31,35). The summed E-state index contributed by atoms with van der Waals surface area (Å²) in [5, 5.41) is 23.9. The fourth-order valence-electron chi connectivity index (χ4n) is 4.79. The number of fused-ring (bicyclic) bond motifs is 1. The number of nitrogens with zero attached hydrogens (tertiary/aromatic N) is 5. The van der Waals surface area contributed by atoms with E-state index in [-0.39, 0.29) is 23.5 Å². The molecule has 0 aromatic carbocycles. The average molecular weight is 527 g/mol. The molecule has 3 aromatic heterocycles. The van der Waals surface area contributed by atoms with Gasteiger partial charge in [0.05, 0.1) is 18.5 Å². The first-order valence-electron chi connectivity index (χ1n) is 12.7. The van der Waals surface area contributed by atoms with E-state index < -0.39 is 17.9 Å². The highest BCUT2D eigenvalue weighted by atomic mass is 19.1. The van der Waals surface area contributed by atoms with Gasteiger partial charge in [-0.3, -0.25) is 4.79 Å². The van der Waals surface area contributed by atoms with Crippen molar-refractivity contribution < 1.29 is 23.8 Å². The molecule has 0 atom stereocenters. The Hall–Kier alpha value is -4.00. The summed E-state index contributed by atoms with van der Waals surface area (Å²) in [6.07, 6.45) is 6.92. The van der Waals surface area contributed by atoms with Gasteiger partial charge in [0.25, 0.3) is 5.91 Å². The summed E-state index contributed by atoms with van der Waals surface area (Å²) in [6.45, 7) is 0.711. The Kier molecular flexibility index (Phi) is 7.54. The number of carbonyl (C=O) groups is 2. The number of carbonyl (C=O) groups excluding carboxylic acids is 1. The van der Waals surface area contributed by atoms with Crippen LogP contribution in [0.5, 0.6) is 0 Å². The molecular weight excluding hydrogens is 495 g/mol. The molecular formula is C25H31FN8O4. The highest BCUT2D eigenvalue weighted by molar-refractivity contribution is 6.03. The van der Waals surface area contributed by atoms with E-state index in [1.54, 1.807) is 7.11 Å². The minimum atomic E-state index is -0.929. The zero-order valence-corrected chi connectivity index (χ0v) is 21.1. The third kappa shape index (κ3) is 5.93. The predicted molar refractivity (Wildman–Crippen MR) is 138 cm³/mol. The van der Waals surface area contributed by atoms with Gasteiger partial charge in [0.15, 0.2) is 11.3 Å². The fraction of sp³-hybridized carbons (Fsp3) is 0.480. The van der Waals surface area contributed by atoms with Crippen molar-refractivity contribution >= 4 is 34.8 Å². The number of ether oxygens (including phenoxy) is 1. The van der Waals surface area contributed by atoms with Gasteiger partial charge in [0, 0.05) is 55.8 Å². The Morgan fingerprint density at radius 2 is 1.87 bits per heavy atom. The lowest BCUT2D eigenvalue weighted by Gasteiger charge is -2.35. The van der Waals surface area contributed by atoms with E-state index >= 15 is 0 Å². The molecule has 12 nitrogen and oxygen atoms in total. The number of rotatable bonds is 10. The Labute approximate surface area is 218 Å². The Balaban J connectivity index is 1.33. The molecule has 2 aliphatic rings. The van der Waals surface area contributed by atoms with Gasteiger partial charge < -0.3 is 30.7 Å². The van der Waals surface area contributed by atoms with E-state index in [0.29, 0.717) is 30.7 Å². The van der Waals surface area contributed by atoms with Crippen LogP contribution in [0.2, 0.25) is 0 Å². The van der Waals surface area contributed by atoms with E-state index in [1.807, 2.05) is 6.07 Å². The van der Waals surface area contributed by atoms with Crippen LogP contribution in [0.15, 0.2) is 30.6 Å². The van der Waals surface area contributed by atoms with Gasteiger partial charge >= 0.3 is 6.09 Å². The lowest BCUT2D eigenvalue weighted by Crippen LogP contribution is -2.44. The van der Waals surface area contributed by atoms with Crippen LogP contribution in [-0.4, -0.2) is 80.0 Å². The van der Waals surface area contributed by atoms with Gasteiger partial charge in [-0.05, 0) is 44.6 Å². The van der Waals surface area contributed by atoms with Gasteiger partial charge in [0.2, 0.25) is 5.95 Å². The number of hydrogen-bond acceptors (Lipinski definition) is 8. The fourth-order valence-corrected chi connectivity index (χ4v) is 4.79. The van der Waals surface area contributed by atoms with Crippen molar-refractivity contribution in [2.75, 3.05) is 36.2 Å². The molecule has 202 valence electrons. The van der Waals surface area contributed by atoms with Crippen molar-refractivity contribution in [1.29, 1.82) is 0 Å². The topological polar surface area (TPSA) is 146 Å². The third-order valence-corrected chi connectivity index (χ3v) is 6.89. The van der Waals surface area contributed by atoms with E-state index in [0.717, 1.165) is 50.3 Å². The first-order chi connectivity index (χ1) is 18.4. The monoisotopic (exact) mass is 526 g/mol. The summed E-state index contributed by atoms with van der Waals surface area (Å²) in [7, 11) is 1.56.